The van der Waals surface area contributed by atoms with E-state index in [1.54, 1.807) is 0 Å². The quantitative estimate of drug-likeness (QED) is 0.881. The molecule has 20 heavy (non-hydrogen) atoms. The van der Waals surface area contributed by atoms with E-state index in [0.717, 1.165) is 25.2 Å². The van der Waals surface area contributed by atoms with Gasteiger partial charge in [0.2, 0.25) is 5.89 Å². The summed E-state index contributed by atoms with van der Waals surface area (Å²) in [4.78, 5) is 4.41. The van der Waals surface area contributed by atoms with E-state index in [9.17, 15) is 0 Å². The molecular formula is C15H24N4O. The van der Waals surface area contributed by atoms with Crippen LogP contribution in [-0.2, 0) is 19.5 Å². The number of nitrogens with zero attached hydrogens (tertiary/aromatic N) is 3. The van der Waals surface area contributed by atoms with Crippen LogP contribution in [0.4, 0.5) is 0 Å². The van der Waals surface area contributed by atoms with Gasteiger partial charge in [0.05, 0.1) is 0 Å². The largest absolute Gasteiger partial charge is 0.341 e. The molecule has 110 valence electrons. The van der Waals surface area contributed by atoms with Gasteiger partial charge in [-0.3, -0.25) is 0 Å². The Kier molecular flexibility index (Phi) is 4.60. The minimum atomic E-state index is 0.105. The third kappa shape index (κ3) is 4.20. The van der Waals surface area contributed by atoms with Gasteiger partial charge in [0.15, 0.2) is 5.82 Å². The van der Waals surface area contributed by atoms with Crippen LogP contribution in [0.2, 0.25) is 0 Å². The predicted molar refractivity (Wildman–Crippen MR) is 78.4 cm³/mol. The molecule has 2 rings (SSSR count). The van der Waals surface area contributed by atoms with E-state index < -0.39 is 0 Å². The number of aromatic nitrogens is 3. The average molecular weight is 276 g/mol. The second-order valence-electron chi connectivity index (χ2n) is 6.09. The first-order valence-electron chi connectivity index (χ1n) is 7.18. The molecule has 0 aromatic carbocycles. The van der Waals surface area contributed by atoms with Crippen molar-refractivity contribution in [3.63, 3.8) is 0 Å². The Labute approximate surface area is 120 Å². The van der Waals surface area contributed by atoms with Crippen LogP contribution in [0.25, 0.3) is 0 Å². The van der Waals surface area contributed by atoms with E-state index in [4.69, 9.17) is 4.52 Å². The molecule has 0 spiro atoms. The molecule has 0 atom stereocenters. The lowest BCUT2D eigenvalue weighted by atomic mass is 10.1. The monoisotopic (exact) mass is 276 g/mol. The fraction of sp³-hybridized carbons (Fsp3) is 0.600. The van der Waals surface area contributed by atoms with Crippen LogP contribution in [0.1, 0.15) is 51.5 Å². The van der Waals surface area contributed by atoms with Gasteiger partial charge in [-0.05, 0) is 39.3 Å². The van der Waals surface area contributed by atoms with Gasteiger partial charge in [0, 0.05) is 30.4 Å². The summed E-state index contributed by atoms with van der Waals surface area (Å²) >= 11 is 0. The Bertz CT molecular complexity index is 536. The molecule has 0 fully saturated rings. The molecule has 2 aromatic rings. The minimum Gasteiger partial charge on any atom is -0.341 e. The van der Waals surface area contributed by atoms with E-state index >= 15 is 0 Å². The molecule has 1 N–H and O–H groups in total. The molecule has 5 heteroatoms. The molecule has 0 saturated heterocycles. The maximum atomic E-state index is 5.29. The van der Waals surface area contributed by atoms with E-state index in [2.05, 4.69) is 53.8 Å². The lowest BCUT2D eigenvalue weighted by Gasteiger charge is -2.21. The summed E-state index contributed by atoms with van der Waals surface area (Å²) < 4.78 is 7.43. The molecule has 0 aliphatic carbocycles. The number of aryl methyl sites for hydroxylation is 1. The van der Waals surface area contributed by atoms with Gasteiger partial charge in [-0.2, -0.15) is 4.98 Å². The second kappa shape index (κ2) is 6.22. The number of hydrogen-bond donors (Lipinski definition) is 1. The van der Waals surface area contributed by atoms with E-state index in [-0.39, 0.29) is 5.54 Å². The summed E-state index contributed by atoms with van der Waals surface area (Å²) in [7, 11) is 0. The lowest BCUT2D eigenvalue weighted by Crippen LogP contribution is -2.35. The standard InChI is InChI=1S/C15H24N4O/c1-5-7-13-17-14(20-18-13)11-19-9-6-8-12(19)10-16-15(2,3)4/h6,8-9,16H,5,7,10-11H2,1-4H3. The van der Waals surface area contributed by atoms with E-state index in [0.29, 0.717) is 12.4 Å². The third-order valence-corrected chi connectivity index (χ3v) is 3.01. The highest BCUT2D eigenvalue weighted by Gasteiger charge is 2.12. The highest BCUT2D eigenvalue weighted by atomic mass is 16.5. The van der Waals surface area contributed by atoms with Crippen molar-refractivity contribution >= 4 is 0 Å². The Morgan fingerprint density at radius 1 is 1.35 bits per heavy atom. The molecule has 0 unspecified atom stereocenters. The lowest BCUT2D eigenvalue weighted by molar-refractivity contribution is 0.362. The fourth-order valence-corrected chi connectivity index (χ4v) is 1.95. The normalized spacial score (nSPS) is 12.0. The van der Waals surface area contributed by atoms with Crippen molar-refractivity contribution in [2.75, 3.05) is 0 Å². The van der Waals surface area contributed by atoms with Gasteiger partial charge in [0.25, 0.3) is 0 Å². The van der Waals surface area contributed by atoms with Crippen LogP contribution in [0, 0.1) is 0 Å². The minimum absolute atomic E-state index is 0.105. The third-order valence-electron chi connectivity index (χ3n) is 3.01. The van der Waals surface area contributed by atoms with Crippen molar-refractivity contribution in [1.29, 1.82) is 0 Å². The smallest absolute Gasteiger partial charge is 0.246 e. The van der Waals surface area contributed by atoms with Crippen molar-refractivity contribution in [2.45, 2.75) is 59.2 Å². The van der Waals surface area contributed by atoms with Crippen LogP contribution in [0.5, 0.6) is 0 Å². The highest BCUT2D eigenvalue weighted by Crippen LogP contribution is 2.09. The fourth-order valence-electron chi connectivity index (χ4n) is 1.95. The second-order valence-corrected chi connectivity index (χ2v) is 6.09. The summed E-state index contributed by atoms with van der Waals surface area (Å²) in [6.45, 7) is 10.1. The van der Waals surface area contributed by atoms with E-state index in [1.807, 2.05) is 12.3 Å². The molecule has 0 aliphatic heterocycles. The van der Waals surface area contributed by atoms with Crippen LogP contribution in [-0.4, -0.2) is 20.2 Å². The number of hydrogen-bond acceptors (Lipinski definition) is 4. The van der Waals surface area contributed by atoms with Crippen LogP contribution >= 0.6 is 0 Å². The van der Waals surface area contributed by atoms with Crippen LogP contribution in [0.3, 0.4) is 0 Å². The molecule has 0 amide bonds. The van der Waals surface area contributed by atoms with Crippen molar-refractivity contribution in [1.82, 2.24) is 20.0 Å². The number of nitrogens with one attached hydrogen (secondary N) is 1. The SMILES string of the molecule is CCCc1noc(Cn2cccc2CNC(C)(C)C)n1. The Morgan fingerprint density at radius 3 is 2.85 bits per heavy atom. The summed E-state index contributed by atoms with van der Waals surface area (Å²) in [6.07, 6.45) is 3.94. The van der Waals surface area contributed by atoms with Crippen molar-refractivity contribution in [3.8, 4) is 0 Å². The zero-order valence-electron chi connectivity index (χ0n) is 12.8. The van der Waals surface area contributed by atoms with Crippen molar-refractivity contribution in [2.24, 2.45) is 0 Å². The van der Waals surface area contributed by atoms with Crippen LogP contribution < -0.4 is 5.32 Å². The Morgan fingerprint density at radius 2 is 2.15 bits per heavy atom. The summed E-state index contributed by atoms with van der Waals surface area (Å²) in [5.74, 6) is 1.46. The molecule has 0 radical (unpaired) electrons. The predicted octanol–water partition coefficient (Wildman–Crippen LogP) is 2.76. The first kappa shape index (κ1) is 14.8. The Hall–Kier alpha value is -1.62. The molecule has 2 heterocycles. The van der Waals surface area contributed by atoms with Gasteiger partial charge in [-0.1, -0.05) is 12.1 Å². The van der Waals surface area contributed by atoms with Crippen LogP contribution in [0.15, 0.2) is 22.9 Å². The molecule has 0 saturated carbocycles. The van der Waals surface area contributed by atoms with Crippen molar-refractivity contribution < 1.29 is 4.52 Å². The highest BCUT2D eigenvalue weighted by molar-refractivity contribution is 5.09. The summed E-state index contributed by atoms with van der Waals surface area (Å²) in [5.41, 5.74) is 1.32. The van der Waals surface area contributed by atoms with Gasteiger partial charge in [0.1, 0.15) is 6.54 Å². The van der Waals surface area contributed by atoms with Gasteiger partial charge >= 0.3 is 0 Å². The average Bonchev–Trinajstić information content (AvgIpc) is 2.97. The zero-order valence-corrected chi connectivity index (χ0v) is 12.8. The maximum absolute atomic E-state index is 5.29. The first-order chi connectivity index (χ1) is 9.48. The van der Waals surface area contributed by atoms with E-state index in [1.165, 1.54) is 5.69 Å². The topological polar surface area (TPSA) is 55.9 Å². The Balaban J connectivity index is 2.00. The van der Waals surface area contributed by atoms with Crippen molar-refractivity contribution in [3.05, 3.63) is 35.7 Å². The van der Waals surface area contributed by atoms with Gasteiger partial charge < -0.3 is 14.4 Å². The molecule has 2 aromatic heterocycles. The molecular weight excluding hydrogens is 252 g/mol. The number of rotatable bonds is 6. The first-order valence-corrected chi connectivity index (χ1v) is 7.18. The van der Waals surface area contributed by atoms with Gasteiger partial charge in [-0.25, -0.2) is 0 Å². The van der Waals surface area contributed by atoms with Gasteiger partial charge in [-0.15, -0.1) is 0 Å². The molecule has 0 bridgehead atoms. The molecule has 0 aliphatic rings. The molecule has 5 nitrogen and oxygen atoms in total. The maximum Gasteiger partial charge on any atom is 0.246 e. The summed E-state index contributed by atoms with van der Waals surface area (Å²) in [5, 5.41) is 7.47. The summed E-state index contributed by atoms with van der Waals surface area (Å²) in [6, 6.07) is 4.16. The zero-order chi connectivity index (χ0) is 14.6.